The fraction of sp³-hybridized carbons (Fsp3) is 0.531. The highest BCUT2D eigenvalue weighted by atomic mass is 19.1. The predicted octanol–water partition coefficient (Wildman–Crippen LogP) is 8.88. The molecule has 0 aliphatic carbocycles. The maximum absolute atomic E-state index is 13.6. The van der Waals surface area contributed by atoms with Gasteiger partial charge in [0.05, 0.1) is 5.69 Å². The zero-order valence-electron chi connectivity index (χ0n) is 23.9. The van der Waals surface area contributed by atoms with Crippen LogP contribution >= 0.6 is 0 Å². The zero-order chi connectivity index (χ0) is 27.0. The number of Topliss-reactive ketones (excluding diaryl/α,β-unsaturated/α-hetero) is 1. The molecule has 0 saturated carbocycles. The van der Waals surface area contributed by atoms with E-state index in [1.54, 1.807) is 13.0 Å². The van der Waals surface area contributed by atoms with Crippen molar-refractivity contribution >= 4 is 11.5 Å². The van der Waals surface area contributed by atoms with Crippen molar-refractivity contribution in [2.24, 2.45) is 11.8 Å². The Morgan fingerprint density at radius 3 is 2.26 bits per heavy atom. The van der Waals surface area contributed by atoms with Crippen molar-refractivity contribution in [3.63, 3.8) is 0 Å². The lowest BCUT2D eigenvalue weighted by Gasteiger charge is -2.18. The van der Waals surface area contributed by atoms with E-state index in [9.17, 15) is 9.18 Å². The van der Waals surface area contributed by atoms with Crippen LogP contribution in [0.3, 0.4) is 0 Å². The molecule has 194 valence electrons. The summed E-state index contributed by atoms with van der Waals surface area (Å²) in [6.45, 7) is 22.0. The van der Waals surface area contributed by atoms with E-state index in [2.05, 4.69) is 50.5 Å². The molecule has 2 aromatic carbocycles. The summed E-state index contributed by atoms with van der Waals surface area (Å²) in [7, 11) is 0. The minimum Gasteiger partial charge on any atom is -0.369 e. The van der Waals surface area contributed by atoms with Crippen LogP contribution in [-0.4, -0.2) is 18.9 Å². The summed E-state index contributed by atoms with van der Waals surface area (Å²) in [5, 5.41) is 0. The fourth-order valence-corrected chi connectivity index (χ4v) is 3.74. The number of rotatable bonds is 4. The minimum atomic E-state index is -0.0842. The highest BCUT2D eigenvalue weighted by molar-refractivity contribution is 5.95. The molecule has 0 amide bonds. The van der Waals surface area contributed by atoms with Gasteiger partial charge in [0.2, 0.25) is 0 Å². The van der Waals surface area contributed by atoms with Gasteiger partial charge in [0.15, 0.2) is 5.78 Å². The number of hydrogen-bond donors (Lipinski definition) is 0. The molecule has 1 heterocycles. The van der Waals surface area contributed by atoms with Crippen LogP contribution in [-0.2, 0) is 6.42 Å². The molecule has 35 heavy (non-hydrogen) atoms. The summed E-state index contributed by atoms with van der Waals surface area (Å²) in [4.78, 5) is 13.6. The van der Waals surface area contributed by atoms with Crippen molar-refractivity contribution in [2.75, 3.05) is 18.0 Å². The quantitative estimate of drug-likeness (QED) is 0.321. The number of carbonyl (C=O) groups excluding carboxylic acids is 1. The van der Waals surface area contributed by atoms with Crippen molar-refractivity contribution in [1.29, 1.82) is 0 Å². The Hall–Kier alpha value is -2.60. The number of aryl methyl sites for hydroxylation is 2. The summed E-state index contributed by atoms with van der Waals surface area (Å²) in [5.74, 6) is 7.41. The Morgan fingerprint density at radius 2 is 1.77 bits per heavy atom. The molecule has 1 saturated heterocycles. The molecule has 0 bridgehead atoms. The Labute approximate surface area is 215 Å². The minimum absolute atomic E-state index is 0.0842. The maximum Gasteiger partial charge on any atom is 0.160 e. The molecule has 2 nitrogen and oxygen atoms in total. The largest absolute Gasteiger partial charge is 0.369 e. The number of benzene rings is 2. The van der Waals surface area contributed by atoms with Gasteiger partial charge in [0.25, 0.3) is 0 Å². The van der Waals surface area contributed by atoms with E-state index < -0.39 is 0 Å². The fourth-order valence-electron chi connectivity index (χ4n) is 3.74. The predicted molar refractivity (Wildman–Crippen MR) is 152 cm³/mol. The second-order valence-corrected chi connectivity index (χ2v) is 8.90. The van der Waals surface area contributed by atoms with Crippen LogP contribution in [0.2, 0.25) is 0 Å². The van der Waals surface area contributed by atoms with Crippen molar-refractivity contribution in [2.45, 2.75) is 88.5 Å². The Kier molecular flexibility index (Phi) is 16.5. The lowest BCUT2D eigenvalue weighted by Crippen LogP contribution is -2.20. The first-order chi connectivity index (χ1) is 16.7. The van der Waals surface area contributed by atoms with Crippen LogP contribution in [0.1, 0.15) is 102 Å². The highest BCUT2D eigenvalue weighted by Gasteiger charge is 2.20. The highest BCUT2D eigenvalue weighted by Crippen LogP contribution is 2.26. The van der Waals surface area contributed by atoms with Gasteiger partial charge in [-0.2, -0.15) is 0 Å². The number of halogens is 1. The van der Waals surface area contributed by atoms with Gasteiger partial charge in [-0.15, -0.1) is 0 Å². The monoisotopic (exact) mass is 481 g/mol. The summed E-state index contributed by atoms with van der Waals surface area (Å²) in [6.07, 6.45) is 3.15. The van der Waals surface area contributed by atoms with Crippen LogP contribution < -0.4 is 4.90 Å². The van der Waals surface area contributed by atoms with Crippen LogP contribution in [0.4, 0.5) is 10.1 Å². The van der Waals surface area contributed by atoms with E-state index in [4.69, 9.17) is 0 Å². The smallest absolute Gasteiger partial charge is 0.160 e. The standard InChI is InChI=1S/C16H20O.C12H16FN.2C2H6/c1-5-6-15-11-14(8-7-12(2)3)9-10-16(15)13(4)17;1-9-3-4-12(11(13)7-9)14-6-5-10(2)8-14;2*1-2/h9-12H,5-6H2,1-4H3;3-4,7,10H,5-6,8H2,1-2H3;2*1-2H3. The first-order valence-electron chi connectivity index (χ1n) is 13.4. The molecule has 1 atom stereocenters. The lowest BCUT2D eigenvalue weighted by atomic mass is 9.98. The number of carbonyl (C=O) groups is 1. The normalized spacial score (nSPS) is 13.8. The molecule has 1 unspecified atom stereocenters. The van der Waals surface area contributed by atoms with Gasteiger partial charge in [-0.05, 0) is 74.1 Å². The lowest BCUT2D eigenvalue weighted by molar-refractivity contribution is 0.101. The van der Waals surface area contributed by atoms with E-state index in [1.807, 2.05) is 58.9 Å². The Morgan fingerprint density at radius 1 is 1.11 bits per heavy atom. The maximum atomic E-state index is 13.6. The molecule has 0 radical (unpaired) electrons. The molecular weight excluding hydrogens is 433 g/mol. The average Bonchev–Trinajstić information content (AvgIpc) is 3.27. The summed E-state index contributed by atoms with van der Waals surface area (Å²) >= 11 is 0. The van der Waals surface area contributed by atoms with Gasteiger partial charge in [0.1, 0.15) is 5.82 Å². The van der Waals surface area contributed by atoms with Crippen LogP contribution in [0.5, 0.6) is 0 Å². The molecule has 2 aromatic rings. The average molecular weight is 482 g/mol. The topological polar surface area (TPSA) is 20.3 Å². The second-order valence-electron chi connectivity index (χ2n) is 8.90. The van der Waals surface area contributed by atoms with Crippen LogP contribution in [0.25, 0.3) is 0 Å². The van der Waals surface area contributed by atoms with Gasteiger partial charge in [-0.25, -0.2) is 4.39 Å². The van der Waals surface area contributed by atoms with E-state index in [1.165, 1.54) is 6.42 Å². The third-order valence-corrected chi connectivity index (χ3v) is 5.38. The van der Waals surface area contributed by atoms with Gasteiger partial charge < -0.3 is 4.90 Å². The Bertz CT molecular complexity index is 952. The van der Waals surface area contributed by atoms with Crippen LogP contribution in [0.15, 0.2) is 36.4 Å². The van der Waals surface area contributed by atoms with Crippen molar-refractivity contribution in [3.8, 4) is 11.8 Å². The van der Waals surface area contributed by atoms with Crippen molar-refractivity contribution < 1.29 is 9.18 Å². The van der Waals surface area contributed by atoms with E-state index in [-0.39, 0.29) is 11.6 Å². The van der Waals surface area contributed by atoms with E-state index in [0.717, 1.165) is 53.9 Å². The third-order valence-electron chi connectivity index (χ3n) is 5.38. The molecule has 0 aromatic heterocycles. The molecule has 1 aliphatic heterocycles. The molecule has 3 heteroatoms. The second kappa shape index (κ2) is 17.8. The summed E-state index contributed by atoms with van der Waals surface area (Å²) in [6, 6.07) is 11.4. The first kappa shape index (κ1) is 32.4. The van der Waals surface area contributed by atoms with Gasteiger partial charge >= 0.3 is 0 Å². The van der Waals surface area contributed by atoms with Crippen molar-refractivity contribution in [3.05, 3.63) is 64.5 Å². The number of nitrogens with zero attached hydrogens (tertiary/aromatic N) is 1. The SMILES string of the molecule is CC.CC.CCCc1cc(C#CC(C)C)ccc1C(C)=O.Cc1ccc(N2CCC(C)C2)c(F)c1. The number of ketones is 1. The molecule has 0 spiro atoms. The molecule has 3 rings (SSSR count). The van der Waals surface area contributed by atoms with Gasteiger partial charge in [-0.1, -0.05) is 79.7 Å². The molecule has 1 aliphatic rings. The van der Waals surface area contributed by atoms with E-state index in [0.29, 0.717) is 11.8 Å². The number of anilines is 1. The van der Waals surface area contributed by atoms with Gasteiger partial charge in [0, 0.05) is 30.1 Å². The zero-order valence-corrected chi connectivity index (χ0v) is 23.9. The molecular formula is C32H48FNO. The van der Waals surface area contributed by atoms with E-state index >= 15 is 0 Å². The van der Waals surface area contributed by atoms with Crippen molar-refractivity contribution in [1.82, 2.24) is 0 Å². The Balaban J connectivity index is 0.000000585. The first-order valence-corrected chi connectivity index (χ1v) is 13.4. The third kappa shape index (κ3) is 11.6. The molecule has 1 fully saturated rings. The summed E-state index contributed by atoms with van der Waals surface area (Å²) < 4.78 is 13.6. The van der Waals surface area contributed by atoms with Gasteiger partial charge in [-0.3, -0.25) is 4.79 Å². The molecule has 0 N–H and O–H groups in total. The summed E-state index contributed by atoms with van der Waals surface area (Å²) in [5.41, 5.74) is 4.71. The van der Waals surface area contributed by atoms with Crippen LogP contribution in [0, 0.1) is 36.4 Å². The number of hydrogen-bond acceptors (Lipinski definition) is 2.